The topological polar surface area (TPSA) is 74.4 Å². The number of rotatable bonds is 8. The third kappa shape index (κ3) is 9.78. The maximum Gasteiger partial charge on any atom is 2.00 e. The summed E-state index contributed by atoms with van der Waals surface area (Å²) in [6.45, 7) is -0.196. The van der Waals surface area contributed by atoms with Crippen LogP contribution in [-0.2, 0) is 21.1 Å². The number of fused-ring (bicyclic) bond motifs is 14. The minimum atomic E-state index is -0.153. The molecular weight excluding hydrogens is 1460 g/mol. The molecule has 4 aliphatic rings. The van der Waals surface area contributed by atoms with Crippen LogP contribution in [0.1, 0.15) is 0 Å². The quantitative estimate of drug-likeness (QED) is 0.110. The van der Waals surface area contributed by atoms with Crippen LogP contribution in [0.25, 0.3) is 77.8 Å². The molecule has 0 aliphatic carbocycles. The number of benzene rings is 12. The summed E-state index contributed by atoms with van der Waals surface area (Å²) in [7, 11) is 0. The van der Waals surface area contributed by atoms with Crippen molar-refractivity contribution in [1.82, 2.24) is 29.1 Å². The molecule has 492 valence electrons. The second-order valence-electron chi connectivity index (χ2n) is 26.7. The van der Waals surface area contributed by atoms with Gasteiger partial charge in [-0.25, -0.2) is 9.97 Å². The molecule has 0 saturated carbocycles. The van der Waals surface area contributed by atoms with E-state index < -0.39 is 0 Å². The summed E-state index contributed by atoms with van der Waals surface area (Å²) in [6.07, 6.45) is 7.46. The van der Waals surface area contributed by atoms with Crippen molar-refractivity contribution < 1.29 is 21.1 Å². The summed E-state index contributed by atoms with van der Waals surface area (Å²) < 4.78 is 4.58. The van der Waals surface area contributed by atoms with Gasteiger partial charge < -0.3 is 29.2 Å². The SMILES string of the molecule is [Pt+2].[c-]1c(-c2ccccn2)ccc2c1B1c3[c-]c4c(cc3N(c3ccccc3)c3cccc(c31)N2c1ccccc1)c1ccccc1n4-c1ccccn1.c1ccc(N2c3ccc(-c4ccccn4)cc3B3c4cc5c(cc4N(c4ccccc4)c4cccc2c43)c2ccccc2n5-c2ccccn2)cc1. The molecule has 0 bridgehead atoms. The monoisotopic (exact) mass is 1520 g/mol. The van der Waals surface area contributed by atoms with E-state index in [1.807, 2.05) is 61.2 Å². The van der Waals surface area contributed by atoms with Gasteiger partial charge in [-0.05, 0) is 190 Å². The van der Waals surface area contributed by atoms with Gasteiger partial charge in [0.25, 0.3) is 6.71 Å². The summed E-state index contributed by atoms with van der Waals surface area (Å²) in [5.41, 5.74) is 29.2. The Kier molecular flexibility index (Phi) is 14.8. The minimum absolute atomic E-state index is 0. The largest absolute Gasteiger partial charge is 2.00 e. The van der Waals surface area contributed by atoms with Crippen LogP contribution >= 0.6 is 0 Å². The average molecular weight is 1520 g/mol. The van der Waals surface area contributed by atoms with Crippen molar-refractivity contribution in [2.75, 3.05) is 19.6 Å². The van der Waals surface area contributed by atoms with E-state index in [1.165, 1.54) is 55.4 Å². The van der Waals surface area contributed by atoms with E-state index in [9.17, 15) is 0 Å². The van der Waals surface area contributed by atoms with E-state index in [4.69, 9.17) is 19.9 Å². The molecule has 18 aromatic rings. The molecule has 12 aromatic carbocycles. The molecule has 0 unspecified atom stereocenters. The Balaban J connectivity index is 0.000000138. The van der Waals surface area contributed by atoms with Crippen LogP contribution in [0.4, 0.5) is 68.2 Å². The molecule has 0 saturated heterocycles. The third-order valence-corrected chi connectivity index (χ3v) is 21.1. The van der Waals surface area contributed by atoms with Gasteiger partial charge in [0.15, 0.2) is 0 Å². The Morgan fingerprint density at radius 2 is 0.705 bits per heavy atom. The van der Waals surface area contributed by atoms with Crippen LogP contribution in [-0.4, -0.2) is 42.5 Å². The molecule has 0 radical (unpaired) electrons. The van der Waals surface area contributed by atoms with Crippen molar-refractivity contribution in [1.29, 1.82) is 0 Å². The maximum atomic E-state index is 4.86. The molecule has 0 amide bonds. The van der Waals surface area contributed by atoms with Crippen LogP contribution in [0, 0.1) is 12.1 Å². The summed E-state index contributed by atoms with van der Waals surface area (Å²) in [4.78, 5) is 28.9. The smallest absolute Gasteiger partial charge is 0.366 e. The zero-order chi connectivity index (χ0) is 68.3. The van der Waals surface area contributed by atoms with E-state index in [1.54, 1.807) is 0 Å². The van der Waals surface area contributed by atoms with Gasteiger partial charge in [0.1, 0.15) is 11.6 Å². The van der Waals surface area contributed by atoms with Gasteiger partial charge in [-0.3, -0.25) is 9.55 Å². The first-order valence-electron chi connectivity index (χ1n) is 35.3. The first kappa shape index (κ1) is 61.7. The normalized spacial score (nSPS) is 12.8. The summed E-state index contributed by atoms with van der Waals surface area (Å²) in [5.74, 6) is 1.77. The molecule has 4 aliphatic heterocycles. The minimum Gasteiger partial charge on any atom is -0.366 e. The molecule has 0 spiro atoms. The zero-order valence-corrected chi connectivity index (χ0v) is 58.7. The second kappa shape index (κ2) is 25.1. The van der Waals surface area contributed by atoms with Crippen molar-refractivity contribution in [2.45, 2.75) is 0 Å². The van der Waals surface area contributed by atoms with E-state index in [0.717, 1.165) is 123 Å². The first-order chi connectivity index (χ1) is 51.7. The predicted molar refractivity (Wildman–Crippen MR) is 429 cm³/mol. The Bertz CT molecular complexity index is 6000. The van der Waals surface area contributed by atoms with Crippen LogP contribution < -0.4 is 52.4 Å². The maximum absolute atomic E-state index is 4.86. The fourth-order valence-corrected chi connectivity index (χ4v) is 16.8. The van der Waals surface area contributed by atoms with Gasteiger partial charge in [-0.1, -0.05) is 175 Å². The molecular formula is C92H58B2N10Pt. The number of hydrogen-bond donors (Lipinski definition) is 0. The summed E-state index contributed by atoms with van der Waals surface area (Å²) in [6, 6.07) is 125. The number of aromatic nitrogens is 6. The standard InChI is InChI=1S/C46H30BN5.C46H28BN5.Pt/c2*1-3-14-32(15-4-1)50-40-25-24-31(38-19-9-11-26-48-38)28-36(40)47-37-30-43-35(34-18-7-8-20-39(34)52(43)45-23-10-12-27-49-45)29-44(37)51(33-16-5-2-6-17-33)42-22-13-21-41(50)46(42)47;/h1-30H;1-27,29H;/q;-2;+2. The van der Waals surface area contributed by atoms with E-state index >= 15 is 0 Å². The van der Waals surface area contributed by atoms with Gasteiger partial charge in [0.2, 0.25) is 6.71 Å². The van der Waals surface area contributed by atoms with Gasteiger partial charge >= 0.3 is 21.1 Å². The summed E-state index contributed by atoms with van der Waals surface area (Å²) in [5, 5.41) is 4.70. The second-order valence-corrected chi connectivity index (χ2v) is 26.7. The third-order valence-electron chi connectivity index (χ3n) is 21.1. The average Bonchev–Trinajstić information content (AvgIpc) is 1.51. The van der Waals surface area contributed by atoms with Crippen molar-refractivity contribution >= 4 is 158 Å². The Hall–Kier alpha value is -13.1. The summed E-state index contributed by atoms with van der Waals surface area (Å²) >= 11 is 0. The van der Waals surface area contributed by atoms with Gasteiger partial charge in [0.05, 0.1) is 16.7 Å². The molecule has 13 heteroatoms. The van der Waals surface area contributed by atoms with Crippen LogP contribution in [0.5, 0.6) is 0 Å². The van der Waals surface area contributed by atoms with Crippen molar-refractivity contribution in [3.05, 3.63) is 365 Å². The molecule has 22 rings (SSSR count). The first-order valence-corrected chi connectivity index (χ1v) is 35.3. The fourth-order valence-electron chi connectivity index (χ4n) is 16.8. The Morgan fingerprint density at radius 3 is 1.27 bits per heavy atom. The van der Waals surface area contributed by atoms with E-state index in [0.29, 0.717) is 0 Å². The van der Waals surface area contributed by atoms with Crippen molar-refractivity contribution in [3.8, 4) is 34.2 Å². The molecule has 0 atom stereocenters. The number of hydrogen-bond acceptors (Lipinski definition) is 8. The number of nitrogens with zero attached hydrogens (tertiary/aromatic N) is 10. The number of pyridine rings is 4. The van der Waals surface area contributed by atoms with Crippen LogP contribution in [0.3, 0.4) is 0 Å². The number of para-hydroxylation sites is 6. The van der Waals surface area contributed by atoms with E-state index in [2.05, 4.69) is 332 Å². The Morgan fingerprint density at radius 1 is 0.267 bits per heavy atom. The number of anilines is 12. The zero-order valence-electron chi connectivity index (χ0n) is 56.4. The Labute approximate surface area is 622 Å². The van der Waals surface area contributed by atoms with Gasteiger partial charge in [0, 0.05) is 98.0 Å². The molecule has 6 aromatic heterocycles. The van der Waals surface area contributed by atoms with Crippen LogP contribution in [0.2, 0.25) is 0 Å². The van der Waals surface area contributed by atoms with E-state index in [-0.39, 0.29) is 34.5 Å². The van der Waals surface area contributed by atoms with Gasteiger partial charge in [-0.15, -0.1) is 40.7 Å². The molecule has 0 fully saturated rings. The van der Waals surface area contributed by atoms with Crippen molar-refractivity contribution in [2.24, 2.45) is 0 Å². The predicted octanol–water partition coefficient (Wildman–Crippen LogP) is 18.2. The van der Waals surface area contributed by atoms with Gasteiger partial charge in [-0.2, -0.15) is 11.5 Å². The molecule has 0 N–H and O–H groups in total. The van der Waals surface area contributed by atoms with Crippen LogP contribution in [0.15, 0.2) is 352 Å². The van der Waals surface area contributed by atoms with Crippen molar-refractivity contribution in [3.63, 3.8) is 0 Å². The molecule has 10 heterocycles. The molecule has 10 nitrogen and oxygen atoms in total. The fraction of sp³-hybridized carbons (Fsp3) is 0. The molecule has 105 heavy (non-hydrogen) atoms.